The number of imidazole rings is 1. The van der Waals surface area contributed by atoms with Crippen molar-refractivity contribution in [1.82, 2.24) is 14.4 Å². The van der Waals surface area contributed by atoms with Crippen LogP contribution in [0.25, 0.3) is 27.0 Å². The molecule has 0 spiro atoms. The number of thiazole rings is 1. The molecular formula is C19H15FN4OS. The molecular weight excluding hydrogens is 351 g/mol. The van der Waals surface area contributed by atoms with Crippen LogP contribution in [-0.2, 0) is 4.79 Å². The number of aryl methyl sites for hydroxylation is 1. The second-order valence-electron chi connectivity index (χ2n) is 6.64. The van der Waals surface area contributed by atoms with Crippen LogP contribution in [0.15, 0.2) is 42.2 Å². The van der Waals surface area contributed by atoms with Gasteiger partial charge in [-0.05, 0) is 54.3 Å². The average Bonchev–Trinajstić information content (AvgIpc) is 3.02. The lowest BCUT2D eigenvalue weighted by Gasteiger charge is -2.07. The number of nitrogens with zero attached hydrogens (tertiary/aromatic N) is 3. The highest BCUT2D eigenvalue weighted by molar-refractivity contribution is 7.16. The Hall–Kier alpha value is -2.80. The third kappa shape index (κ3) is 2.55. The topological polar surface area (TPSA) is 59.3 Å². The van der Waals surface area contributed by atoms with E-state index in [4.69, 9.17) is 0 Å². The lowest BCUT2D eigenvalue weighted by Crippen LogP contribution is -2.15. The molecule has 0 bridgehead atoms. The molecule has 1 aliphatic carbocycles. The van der Waals surface area contributed by atoms with Crippen LogP contribution in [0.2, 0.25) is 0 Å². The third-order valence-corrected chi connectivity index (χ3v) is 5.53. The van der Waals surface area contributed by atoms with E-state index in [0.29, 0.717) is 12.2 Å². The van der Waals surface area contributed by atoms with Crippen LogP contribution >= 0.6 is 11.3 Å². The van der Waals surface area contributed by atoms with Gasteiger partial charge in [0.05, 0.1) is 27.8 Å². The number of fused-ring (bicyclic) bond motifs is 2. The minimum Gasteiger partial charge on any atom is -0.309 e. The number of benzene rings is 1. The minimum atomic E-state index is -1.01. The Labute approximate surface area is 152 Å². The van der Waals surface area contributed by atoms with Gasteiger partial charge in [0, 0.05) is 6.20 Å². The first-order chi connectivity index (χ1) is 12.6. The quantitative estimate of drug-likeness (QED) is 0.591. The number of hydrogen-bond acceptors (Lipinski definition) is 4. The molecule has 2 atom stereocenters. The van der Waals surface area contributed by atoms with E-state index < -0.39 is 12.1 Å². The molecule has 7 heteroatoms. The fraction of sp³-hybridized carbons (Fsp3) is 0.211. The molecule has 5 rings (SSSR count). The largest absolute Gasteiger partial charge is 0.309 e. The van der Waals surface area contributed by atoms with Crippen molar-refractivity contribution >= 4 is 38.9 Å². The van der Waals surface area contributed by atoms with Crippen LogP contribution in [0.4, 0.5) is 10.2 Å². The van der Waals surface area contributed by atoms with Crippen LogP contribution in [0.3, 0.4) is 0 Å². The monoisotopic (exact) mass is 366 g/mol. The van der Waals surface area contributed by atoms with Crippen LogP contribution in [0, 0.1) is 12.8 Å². The van der Waals surface area contributed by atoms with Crippen LogP contribution in [-0.4, -0.2) is 26.4 Å². The summed E-state index contributed by atoms with van der Waals surface area (Å²) in [7, 11) is 0. The Morgan fingerprint density at radius 3 is 3.00 bits per heavy atom. The molecule has 3 heterocycles. The molecule has 0 saturated heterocycles. The first-order valence-corrected chi connectivity index (χ1v) is 9.24. The zero-order valence-corrected chi connectivity index (χ0v) is 14.8. The number of anilines is 1. The van der Waals surface area contributed by atoms with Gasteiger partial charge < -0.3 is 9.72 Å². The Morgan fingerprint density at radius 1 is 1.35 bits per heavy atom. The Morgan fingerprint density at radius 2 is 2.19 bits per heavy atom. The summed E-state index contributed by atoms with van der Waals surface area (Å²) in [4.78, 5) is 20.6. The molecule has 1 saturated carbocycles. The number of nitrogens with one attached hydrogen (secondary N) is 1. The molecule has 3 aromatic heterocycles. The summed E-state index contributed by atoms with van der Waals surface area (Å²) in [6, 6.07) is 8.17. The molecule has 1 N–H and O–H groups in total. The molecule has 4 aromatic rings. The number of carbonyl (C=O) groups excluding carboxylic acids is 1. The lowest BCUT2D eigenvalue weighted by molar-refractivity contribution is -0.117. The first-order valence-electron chi connectivity index (χ1n) is 8.36. The van der Waals surface area contributed by atoms with Gasteiger partial charge in [0.2, 0.25) is 5.91 Å². The van der Waals surface area contributed by atoms with Crippen molar-refractivity contribution in [3.63, 3.8) is 0 Å². The zero-order chi connectivity index (χ0) is 17.8. The van der Waals surface area contributed by atoms with Crippen LogP contribution < -0.4 is 5.32 Å². The number of alkyl halides is 1. The van der Waals surface area contributed by atoms with Crippen molar-refractivity contribution in [2.75, 3.05) is 5.32 Å². The van der Waals surface area contributed by atoms with E-state index in [9.17, 15) is 9.18 Å². The van der Waals surface area contributed by atoms with E-state index in [0.717, 1.165) is 32.6 Å². The first kappa shape index (κ1) is 15.5. The van der Waals surface area contributed by atoms with E-state index in [2.05, 4.69) is 34.3 Å². The van der Waals surface area contributed by atoms with E-state index in [1.54, 1.807) is 17.5 Å². The third-order valence-electron chi connectivity index (χ3n) is 4.74. The smallest absolute Gasteiger partial charge is 0.231 e. The maximum absolute atomic E-state index is 13.0. The average molecular weight is 366 g/mol. The molecule has 0 radical (unpaired) electrons. The van der Waals surface area contributed by atoms with E-state index in [-0.39, 0.29) is 5.91 Å². The number of aromatic nitrogens is 3. The number of rotatable bonds is 3. The molecule has 1 fully saturated rings. The van der Waals surface area contributed by atoms with Crippen molar-refractivity contribution in [2.24, 2.45) is 5.92 Å². The summed E-state index contributed by atoms with van der Waals surface area (Å²) in [5, 5.41) is 2.70. The highest BCUT2D eigenvalue weighted by atomic mass is 32.1. The number of pyridine rings is 1. The van der Waals surface area contributed by atoms with Gasteiger partial charge in [0.1, 0.15) is 11.8 Å². The SMILES string of the molecule is Cc1cc2ncsc2cc1-c1ccc2nc(NC(=O)C3CC3F)cn2c1. The summed E-state index contributed by atoms with van der Waals surface area (Å²) in [6.07, 6.45) is 3.04. The normalized spacial score (nSPS) is 19.2. The maximum Gasteiger partial charge on any atom is 0.231 e. The van der Waals surface area contributed by atoms with Gasteiger partial charge >= 0.3 is 0 Å². The molecule has 2 unspecified atom stereocenters. The molecule has 1 aliphatic rings. The lowest BCUT2D eigenvalue weighted by atomic mass is 10.0. The number of carbonyl (C=O) groups is 1. The highest BCUT2D eigenvalue weighted by Gasteiger charge is 2.43. The molecule has 1 amide bonds. The number of halogens is 1. The Kier molecular flexibility index (Phi) is 3.33. The van der Waals surface area contributed by atoms with E-state index in [1.165, 1.54) is 0 Å². The van der Waals surface area contributed by atoms with Crippen molar-refractivity contribution in [3.05, 3.63) is 47.7 Å². The predicted molar refractivity (Wildman–Crippen MR) is 100 cm³/mol. The summed E-state index contributed by atoms with van der Waals surface area (Å²) in [5.41, 5.74) is 6.94. The summed E-state index contributed by atoms with van der Waals surface area (Å²) in [6.45, 7) is 2.07. The summed E-state index contributed by atoms with van der Waals surface area (Å²) < 4.78 is 16.0. The highest BCUT2D eigenvalue weighted by Crippen LogP contribution is 2.35. The molecule has 130 valence electrons. The standard InChI is InChI=1S/C19H15FN4OS/c1-10-4-15-16(26-9-21-15)6-12(10)11-2-3-18-22-17(8-24(18)7-11)23-19(25)13-5-14(13)20/h2-4,6-9,13-14H,5H2,1H3,(H,23,25). The van der Waals surface area contributed by atoms with Gasteiger partial charge in [-0.1, -0.05) is 0 Å². The fourth-order valence-corrected chi connectivity index (χ4v) is 3.88. The Balaban J connectivity index is 1.50. The van der Waals surface area contributed by atoms with Crippen molar-refractivity contribution in [2.45, 2.75) is 19.5 Å². The van der Waals surface area contributed by atoms with Crippen molar-refractivity contribution in [3.8, 4) is 11.1 Å². The van der Waals surface area contributed by atoms with Gasteiger partial charge in [-0.25, -0.2) is 14.4 Å². The van der Waals surface area contributed by atoms with Crippen molar-refractivity contribution < 1.29 is 9.18 Å². The van der Waals surface area contributed by atoms with E-state index in [1.807, 2.05) is 28.2 Å². The molecule has 26 heavy (non-hydrogen) atoms. The number of amides is 1. The van der Waals surface area contributed by atoms with Gasteiger partial charge in [-0.3, -0.25) is 4.79 Å². The zero-order valence-electron chi connectivity index (χ0n) is 13.9. The van der Waals surface area contributed by atoms with Gasteiger partial charge in [0.25, 0.3) is 0 Å². The maximum atomic E-state index is 13.0. The minimum absolute atomic E-state index is 0.298. The van der Waals surface area contributed by atoms with Crippen LogP contribution in [0.1, 0.15) is 12.0 Å². The molecule has 1 aromatic carbocycles. The second kappa shape index (κ2) is 5.60. The van der Waals surface area contributed by atoms with Crippen molar-refractivity contribution in [1.29, 1.82) is 0 Å². The van der Waals surface area contributed by atoms with Gasteiger partial charge in [-0.2, -0.15) is 0 Å². The molecule has 5 nitrogen and oxygen atoms in total. The fourth-order valence-electron chi connectivity index (χ4n) is 3.18. The summed E-state index contributed by atoms with van der Waals surface area (Å²) >= 11 is 1.62. The van der Waals surface area contributed by atoms with Gasteiger partial charge in [0.15, 0.2) is 5.82 Å². The second-order valence-corrected chi connectivity index (χ2v) is 7.53. The molecule has 0 aliphatic heterocycles. The Bertz CT molecular complexity index is 1160. The van der Waals surface area contributed by atoms with Crippen LogP contribution in [0.5, 0.6) is 0 Å². The summed E-state index contributed by atoms with van der Waals surface area (Å²) in [5.74, 6) is -0.377. The predicted octanol–water partition coefficient (Wildman–Crippen LogP) is 4.22. The number of hydrogen-bond donors (Lipinski definition) is 1. The van der Waals surface area contributed by atoms with E-state index >= 15 is 0 Å². The van der Waals surface area contributed by atoms with Gasteiger partial charge in [-0.15, -0.1) is 11.3 Å².